The van der Waals surface area contributed by atoms with E-state index in [2.05, 4.69) is 18.7 Å². The lowest BCUT2D eigenvalue weighted by atomic mass is 10.1. The Morgan fingerprint density at radius 2 is 2.17 bits per heavy atom. The number of rotatable bonds is 3. The van der Waals surface area contributed by atoms with Crippen LogP contribution < -0.4 is 0 Å². The molecule has 1 aliphatic rings. The van der Waals surface area contributed by atoms with Crippen LogP contribution in [0.25, 0.3) is 0 Å². The highest BCUT2D eigenvalue weighted by Gasteiger charge is 2.30. The van der Waals surface area contributed by atoms with Gasteiger partial charge in [-0.05, 0) is 32.2 Å². The third kappa shape index (κ3) is 3.11. The first kappa shape index (κ1) is 10.0. The van der Waals surface area contributed by atoms with Gasteiger partial charge in [-0.25, -0.2) is 0 Å². The molecule has 1 unspecified atom stereocenters. The largest absolute Gasteiger partial charge is 0.389 e. The molecular formula is C10H21NO. The van der Waals surface area contributed by atoms with E-state index in [-0.39, 0.29) is 0 Å². The van der Waals surface area contributed by atoms with Crippen LogP contribution in [0.2, 0.25) is 0 Å². The van der Waals surface area contributed by atoms with Gasteiger partial charge in [0.2, 0.25) is 0 Å². The molecule has 1 atom stereocenters. The van der Waals surface area contributed by atoms with E-state index in [0.717, 1.165) is 32.0 Å². The lowest BCUT2D eigenvalue weighted by Crippen LogP contribution is -2.30. The fourth-order valence-electron chi connectivity index (χ4n) is 1.67. The van der Waals surface area contributed by atoms with E-state index in [4.69, 9.17) is 0 Å². The molecule has 2 heteroatoms. The molecule has 1 heterocycles. The van der Waals surface area contributed by atoms with Crippen LogP contribution in [-0.2, 0) is 0 Å². The zero-order valence-electron chi connectivity index (χ0n) is 8.51. The van der Waals surface area contributed by atoms with Gasteiger partial charge in [-0.2, -0.15) is 0 Å². The number of hydrogen-bond acceptors (Lipinski definition) is 2. The molecule has 0 aliphatic carbocycles. The maximum absolute atomic E-state index is 9.69. The Hall–Kier alpha value is -0.0800. The molecule has 12 heavy (non-hydrogen) atoms. The van der Waals surface area contributed by atoms with Crippen molar-refractivity contribution >= 4 is 0 Å². The molecule has 0 spiro atoms. The third-order valence-electron chi connectivity index (χ3n) is 2.55. The monoisotopic (exact) mass is 171 g/mol. The maximum atomic E-state index is 9.69. The van der Waals surface area contributed by atoms with Crippen molar-refractivity contribution in [3.8, 4) is 0 Å². The molecule has 0 aromatic rings. The van der Waals surface area contributed by atoms with Gasteiger partial charge in [0.1, 0.15) is 0 Å². The summed E-state index contributed by atoms with van der Waals surface area (Å²) in [6.45, 7) is 9.50. The zero-order chi connectivity index (χ0) is 9.19. The Morgan fingerprint density at radius 1 is 1.50 bits per heavy atom. The van der Waals surface area contributed by atoms with Crippen molar-refractivity contribution in [2.45, 2.75) is 39.2 Å². The van der Waals surface area contributed by atoms with Crippen molar-refractivity contribution in [2.75, 3.05) is 19.6 Å². The van der Waals surface area contributed by atoms with E-state index in [0.29, 0.717) is 0 Å². The number of nitrogens with zero attached hydrogens (tertiary/aromatic N) is 1. The molecular weight excluding hydrogens is 150 g/mol. The fraction of sp³-hybridized carbons (Fsp3) is 1.00. The lowest BCUT2D eigenvalue weighted by Gasteiger charge is -2.19. The predicted octanol–water partition coefficient (Wildman–Crippen LogP) is 1.49. The first-order valence-electron chi connectivity index (χ1n) is 4.94. The second-order valence-electron chi connectivity index (χ2n) is 4.71. The summed E-state index contributed by atoms with van der Waals surface area (Å²) >= 11 is 0. The van der Waals surface area contributed by atoms with Crippen molar-refractivity contribution < 1.29 is 5.11 Å². The molecule has 0 radical (unpaired) electrons. The molecule has 1 N–H and O–H groups in total. The lowest BCUT2D eigenvalue weighted by molar-refractivity contribution is 0.0682. The zero-order valence-corrected chi connectivity index (χ0v) is 8.51. The second kappa shape index (κ2) is 3.75. The molecule has 1 aliphatic heterocycles. The van der Waals surface area contributed by atoms with Crippen molar-refractivity contribution in [1.29, 1.82) is 0 Å². The van der Waals surface area contributed by atoms with Gasteiger partial charge in [0.25, 0.3) is 0 Å². The summed E-state index contributed by atoms with van der Waals surface area (Å²) in [5.74, 6) is 0.774. The van der Waals surface area contributed by atoms with E-state index in [1.165, 1.54) is 6.42 Å². The summed E-state index contributed by atoms with van der Waals surface area (Å²) in [7, 11) is 0. The van der Waals surface area contributed by atoms with Crippen molar-refractivity contribution in [3.63, 3.8) is 0 Å². The first-order chi connectivity index (χ1) is 5.49. The van der Waals surface area contributed by atoms with Crippen LogP contribution in [-0.4, -0.2) is 35.2 Å². The molecule has 0 aromatic heterocycles. The third-order valence-corrected chi connectivity index (χ3v) is 2.55. The van der Waals surface area contributed by atoms with Crippen molar-refractivity contribution in [3.05, 3.63) is 0 Å². The van der Waals surface area contributed by atoms with E-state index in [1.807, 2.05) is 6.92 Å². The Morgan fingerprint density at radius 3 is 2.58 bits per heavy atom. The normalized spacial score (nSPS) is 31.8. The van der Waals surface area contributed by atoms with E-state index >= 15 is 0 Å². The molecule has 1 fully saturated rings. The van der Waals surface area contributed by atoms with Crippen molar-refractivity contribution in [1.82, 2.24) is 4.90 Å². The summed E-state index contributed by atoms with van der Waals surface area (Å²) in [5.41, 5.74) is -0.420. The molecule has 2 nitrogen and oxygen atoms in total. The van der Waals surface area contributed by atoms with Gasteiger partial charge in [-0.15, -0.1) is 0 Å². The minimum absolute atomic E-state index is 0.420. The van der Waals surface area contributed by atoms with Gasteiger partial charge < -0.3 is 10.0 Å². The van der Waals surface area contributed by atoms with Crippen LogP contribution >= 0.6 is 0 Å². The number of β-amino-alcohol motifs (C(OH)–C–C–N with tert-alkyl or cyclic N) is 1. The van der Waals surface area contributed by atoms with E-state index in [1.54, 1.807) is 0 Å². The molecule has 0 saturated carbocycles. The Kier molecular flexibility index (Phi) is 3.13. The highest BCUT2D eigenvalue weighted by molar-refractivity contribution is 4.85. The maximum Gasteiger partial charge on any atom is 0.0758 e. The Balaban J connectivity index is 2.20. The van der Waals surface area contributed by atoms with Crippen LogP contribution in [0.15, 0.2) is 0 Å². The van der Waals surface area contributed by atoms with Crippen molar-refractivity contribution in [2.24, 2.45) is 5.92 Å². The molecule has 0 aromatic carbocycles. The van der Waals surface area contributed by atoms with Crippen LogP contribution in [0.5, 0.6) is 0 Å². The summed E-state index contributed by atoms with van der Waals surface area (Å²) in [5, 5.41) is 9.69. The highest BCUT2D eigenvalue weighted by Crippen LogP contribution is 2.20. The van der Waals surface area contributed by atoms with E-state index in [9.17, 15) is 5.11 Å². The average molecular weight is 171 g/mol. The van der Waals surface area contributed by atoms with Gasteiger partial charge in [0, 0.05) is 13.1 Å². The minimum atomic E-state index is -0.420. The Bertz CT molecular complexity index is 143. The van der Waals surface area contributed by atoms with E-state index < -0.39 is 5.60 Å². The number of aliphatic hydroxyl groups is 1. The Labute approximate surface area is 75.6 Å². The van der Waals surface area contributed by atoms with Crippen LogP contribution in [0, 0.1) is 5.92 Å². The van der Waals surface area contributed by atoms with Gasteiger partial charge in [-0.3, -0.25) is 0 Å². The second-order valence-corrected chi connectivity index (χ2v) is 4.71. The number of hydrogen-bond donors (Lipinski definition) is 1. The average Bonchev–Trinajstić information content (AvgIpc) is 2.26. The molecule has 0 amide bonds. The van der Waals surface area contributed by atoms with Crippen LogP contribution in [0.3, 0.4) is 0 Å². The number of likely N-dealkylation sites (tertiary alicyclic amines) is 1. The van der Waals surface area contributed by atoms with Gasteiger partial charge in [-0.1, -0.05) is 13.8 Å². The van der Waals surface area contributed by atoms with Gasteiger partial charge >= 0.3 is 0 Å². The summed E-state index contributed by atoms with van der Waals surface area (Å²) in [6, 6.07) is 0. The van der Waals surface area contributed by atoms with Gasteiger partial charge in [0.05, 0.1) is 5.60 Å². The van der Waals surface area contributed by atoms with Crippen LogP contribution in [0.4, 0.5) is 0 Å². The minimum Gasteiger partial charge on any atom is -0.389 e. The SMILES string of the molecule is CC(C)CCN1CCC(C)(O)C1. The van der Waals surface area contributed by atoms with Crippen LogP contribution in [0.1, 0.15) is 33.6 Å². The summed E-state index contributed by atoms with van der Waals surface area (Å²) < 4.78 is 0. The molecule has 1 saturated heterocycles. The standard InChI is InChI=1S/C10H21NO/c1-9(2)4-6-11-7-5-10(3,12)8-11/h9,12H,4-8H2,1-3H3. The summed E-state index contributed by atoms with van der Waals surface area (Å²) in [6.07, 6.45) is 2.18. The molecule has 0 bridgehead atoms. The first-order valence-corrected chi connectivity index (χ1v) is 4.94. The quantitative estimate of drug-likeness (QED) is 0.695. The topological polar surface area (TPSA) is 23.5 Å². The highest BCUT2D eigenvalue weighted by atomic mass is 16.3. The van der Waals surface area contributed by atoms with Gasteiger partial charge in [0.15, 0.2) is 0 Å². The fourth-order valence-corrected chi connectivity index (χ4v) is 1.67. The smallest absolute Gasteiger partial charge is 0.0758 e. The molecule has 72 valence electrons. The molecule has 1 rings (SSSR count). The predicted molar refractivity (Wildman–Crippen MR) is 51.1 cm³/mol. The summed E-state index contributed by atoms with van der Waals surface area (Å²) in [4.78, 5) is 2.36.